The number of fused-ring (bicyclic) bond motifs is 3. The van der Waals surface area contributed by atoms with Crippen molar-refractivity contribution in [2.24, 2.45) is 0 Å². The zero-order valence-corrected chi connectivity index (χ0v) is 30.0. The Kier molecular flexibility index (Phi) is 8.04. The third-order valence-electron chi connectivity index (χ3n) is 10.8. The Morgan fingerprint density at radius 1 is 0.309 bits per heavy atom. The molecule has 1 aliphatic carbocycles. The Hall–Kier alpha value is -7.23. The fourth-order valence-corrected chi connectivity index (χ4v) is 8.27. The van der Waals surface area contributed by atoms with E-state index in [1.165, 1.54) is 33.4 Å². The number of hydrogen-bond donors (Lipinski definition) is 0. The minimum Gasteiger partial charge on any atom is -0.256 e. The van der Waals surface area contributed by atoms with Crippen LogP contribution in [0.1, 0.15) is 22.3 Å². The molecule has 7 aromatic carbocycles. The highest BCUT2D eigenvalue weighted by Gasteiger charge is 2.45. The summed E-state index contributed by atoms with van der Waals surface area (Å²) in [5, 5.41) is 0. The average Bonchev–Trinajstić information content (AvgIpc) is 3.58. The normalized spacial score (nSPS) is 12.5. The van der Waals surface area contributed by atoms with Gasteiger partial charge in [-0.15, -0.1) is 0 Å². The van der Waals surface area contributed by atoms with E-state index in [0.29, 0.717) is 5.82 Å². The molecule has 0 saturated carbocycles. The Morgan fingerprint density at radius 3 is 1.51 bits per heavy atom. The average molecular weight is 702 g/mol. The maximum Gasteiger partial charge on any atom is 0.160 e. The van der Waals surface area contributed by atoms with Crippen molar-refractivity contribution in [3.05, 3.63) is 235 Å². The Bertz CT molecular complexity index is 2740. The molecule has 2 aromatic heterocycles. The molecule has 0 bridgehead atoms. The monoisotopic (exact) mass is 701 g/mol. The second-order valence-electron chi connectivity index (χ2n) is 14.0. The molecule has 10 rings (SSSR count). The van der Waals surface area contributed by atoms with Crippen LogP contribution in [0, 0.1) is 0 Å². The second kappa shape index (κ2) is 13.6. The lowest BCUT2D eigenvalue weighted by Gasteiger charge is -2.33. The summed E-state index contributed by atoms with van der Waals surface area (Å²) in [7, 11) is 0. The molecular formula is C52H35N3. The van der Waals surface area contributed by atoms with Crippen molar-refractivity contribution in [1.82, 2.24) is 15.0 Å². The summed E-state index contributed by atoms with van der Waals surface area (Å²) in [5.74, 6) is 0.679. The SMILES string of the molecule is c1ccc(-c2ccc(-c3cc(-c4cccc(-c5ccc6c(c5)-c5ccccc5C6(c5ccccc5)c5ccccc5)c4)nc(-c4ccccc4)n3)cn2)cc1. The lowest BCUT2D eigenvalue weighted by Crippen LogP contribution is -2.28. The number of aromatic nitrogens is 3. The van der Waals surface area contributed by atoms with Crippen molar-refractivity contribution in [1.29, 1.82) is 0 Å². The van der Waals surface area contributed by atoms with Gasteiger partial charge in [0.2, 0.25) is 0 Å². The first-order chi connectivity index (χ1) is 27.3. The molecule has 1 aliphatic rings. The van der Waals surface area contributed by atoms with Crippen LogP contribution in [0.3, 0.4) is 0 Å². The van der Waals surface area contributed by atoms with Crippen molar-refractivity contribution >= 4 is 0 Å². The van der Waals surface area contributed by atoms with Crippen LogP contribution in [0.2, 0.25) is 0 Å². The fourth-order valence-electron chi connectivity index (χ4n) is 8.27. The highest BCUT2D eigenvalue weighted by Crippen LogP contribution is 2.56. The molecule has 0 spiro atoms. The van der Waals surface area contributed by atoms with Crippen LogP contribution in [0.25, 0.3) is 67.4 Å². The van der Waals surface area contributed by atoms with Gasteiger partial charge in [0.1, 0.15) is 0 Å². The van der Waals surface area contributed by atoms with E-state index in [-0.39, 0.29) is 0 Å². The summed E-state index contributed by atoms with van der Waals surface area (Å²) in [6.07, 6.45) is 1.91. The lowest BCUT2D eigenvalue weighted by atomic mass is 9.67. The van der Waals surface area contributed by atoms with Crippen molar-refractivity contribution in [3.63, 3.8) is 0 Å². The molecule has 55 heavy (non-hydrogen) atoms. The number of nitrogens with zero attached hydrogens (tertiary/aromatic N) is 3. The minimum absolute atomic E-state index is 0.422. The smallest absolute Gasteiger partial charge is 0.160 e. The number of rotatable bonds is 7. The zero-order chi connectivity index (χ0) is 36.6. The number of pyridine rings is 1. The van der Waals surface area contributed by atoms with Gasteiger partial charge in [0.15, 0.2) is 5.82 Å². The quantitative estimate of drug-likeness (QED) is 0.166. The van der Waals surface area contributed by atoms with E-state index in [2.05, 4.69) is 170 Å². The topological polar surface area (TPSA) is 38.7 Å². The maximum atomic E-state index is 5.14. The third-order valence-corrected chi connectivity index (χ3v) is 10.8. The third kappa shape index (κ3) is 5.65. The summed E-state index contributed by atoms with van der Waals surface area (Å²) in [5.41, 5.74) is 16.1. The van der Waals surface area contributed by atoms with Crippen molar-refractivity contribution in [3.8, 4) is 67.4 Å². The van der Waals surface area contributed by atoms with Crippen LogP contribution in [0.15, 0.2) is 212 Å². The van der Waals surface area contributed by atoms with Crippen molar-refractivity contribution in [2.45, 2.75) is 5.41 Å². The van der Waals surface area contributed by atoms with Gasteiger partial charge in [-0.25, -0.2) is 9.97 Å². The van der Waals surface area contributed by atoms with Gasteiger partial charge in [-0.1, -0.05) is 176 Å². The van der Waals surface area contributed by atoms with Gasteiger partial charge in [0.05, 0.1) is 22.5 Å². The van der Waals surface area contributed by atoms with Gasteiger partial charge < -0.3 is 0 Å². The van der Waals surface area contributed by atoms with E-state index >= 15 is 0 Å². The predicted octanol–water partition coefficient (Wildman–Crippen LogP) is 12.6. The van der Waals surface area contributed by atoms with Crippen LogP contribution in [-0.4, -0.2) is 15.0 Å². The zero-order valence-electron chi connectivity index (χ0n) is 30.0. The summed E-state index contributed by atoms with van der Waals surface area (Å²) in [6, 6.07) is 73.2. The largest absolute Gasteiger partial charge is 0.256 e. The van der Waals surface area contributed by atoms with Gasteiger partial charge in [-0.3, -0.25) is 4.98 Å². The van der Waals surface area contributed by atoms with E-state index < -0.39 is 5.41 Å². The highest BCUT2D eigenvalue weighted by atomic mass is 14.9. The van der Waals surface area contributed by atoms with Gasteiger partial charge in [0, 0.05) is 28.5 Å². The van der Waals surface area contributed by atoms with Gasteiger partial charge in [-0.05, 0) is 74.8 Å². The summed E-state index contributed by atoms with van der Waals surface area (Å²) < 4.78 is 0. The predicted molar refractivity (Wildman–Crippen MR) is 224 cm³/mol. The Morgan fingerprint density at radius 2 is 0.836 bits per heavy atom. The molecule has 0 aliphatic heterocycles. The first-order valence-electron chi connectivity index (χ1n) is 18.7. The van der Waals surface area contributed by atoms with Crippen LogP contribution in [-0.2, 0) is 5.41 Å². The van der Waals surface area contributed by atoms with E-state index in [1.807, 2.05) is 42.6 Å². The first kappa shape index (κ1) is 32.4. The number of benzene rings is 7. The molecule has 0 fully saturated rings. The molecule has 0 N–H and O–H groups in total. The standard InChI is InChI=1S/C52H35N3/c1-5-16-36(17-6-1)48-31-29-41(35-53-48)50-34-49(54-51(55-50)37-18-7-2-8-19-37)40-21-15-20-38(32-40)39-28-30-47-45(33-39)44-26-13-14-27-46(44)52(47,42-22-9-3-10-23-42)43-24-11-4-12-25-43/h1-35H. The van der Waals surface area contributed by atoms with Crippen molar-refractivity contribution in [2.75, 3.05) is 0 Å². The van der Waals surface area contributed by atoms with E-state index in [9.17, 15) is 0 Å². The molecule has 3 nitrogen and oxygen atoms in total. The Balaban J connectivity index is 1.09. The molecule has 0 saturated heterocycles. The summed E-state index contributed by atoms with van der Waals surface area (Å²) in [4.78, 5) is 15.0. The summed E-state index contributed by atoms with van der Waals surface area (Å²) >= 11 is 0. The first-order valence-corrected chi connectivity index (χ1v) is 18.7. The molecule has 0 unspecified atom stereocenters. The van der Waals surface area contributed by atoms with Crippen molar-refractivity contribution < 1.29 is 0 Å². The molecular weight excluding hydrogens is 667 g/mol. The van der Waals surface area contributed by atoms with E-state index in [0.717, 1.165) is 50.5 Å². The molecule has 3 heteroatoms. The maximum absolute atomic E-state index is 5.14. The molecule has 0 amide bonds. The van der Waals surface area contributed by atoms with Gasteiger partial charge in [0.25, 0.3) is 0 Å². The lowest BCUT2D eigenvalue weighted by molar-refractivity contribution is 0.768. The molecule has 258 valence electrons. The van der Waals surface area contributed by atoms with Crippen LogP contribution in [0.4, 0.5) is 0 Å². The van der Waals surface area contributed by atoms with Gasteiger partial charge in [-0.2, -0.15) is 0 Å². The highest BCUT2D eigenvalue weighted by molar-refractivity contribution is 5.89. The van der Waals surface area contributed by atoms with E-state index in [1.54, 1.807) is 0 Å². The minimum atomic E-state index is -0.422. The Labute approximate surface area is 321 Å². The fraction of sp³-hybridized carbons (Fsp3) is 0.0192. The molecule has 9 aromatic rings. The molecule has 0 atom stereocenters. The van der Waals surface area contributed by atoms with Gasteiger partial charge >= 0.3 is 0 Å². The number of hydrogen-bond acceptors (Lipinski definition) is 3. The van der Waals surface area contributed by atoms with Crippen LogP contribution >= 0.6 is 0 Å². The molecule has 0 radical (unpaired) electrons. The second-order valence-corrected chi connectivity index (χ2v) is 14.0. The van der Waals surface area contributed by atoms with E-state index in [4.69, 9.17) is 15.0 Å². The summed E-state index contributed by atoms with van der Waals surface area (Å²) in [6.45, 7) is 0. The van der Waals surface area contributed by atoms with Crippen LogP contribution < -0.4 is 0 Å². The van der Waals surface area contributed by atoms with Crippen LogP contribution in [0.5, 0.6) is 0 Å². The molecule has 2 heterocycles.